The number of likely N-dealkylation sites (tertiary alicyclic amines) is 1. The Bertz CT molecular complexity index is 779. The van der Waals surface area contributed by atoms with Crippen LogP contribution >= 0.6 is 11.3 Å². The number of benzene rings is 1. The summed E-state index contributed by atoms with van der Waals surface area (Å²) in [4.78, 5) is 21.6. The number of likely N-dealkylation sites (N-methyl/N-ethyl adjacent to an activating group) is 1. The van der Waals surface area contributed by atoms with E-state index in [0.717, 1.165) is 68.3 Å². The van der Waals surface area contributed by atoms with Crippen LogP contribution in [0.4, 0.5) is 4.39 Å². The monoisotopic (exact) mass is 403 g/mol. The van der Waals surface area contributed by atoms with Gasteiger partial charge in [0.05, 0.1) is 17.1 Å². The van der Waals surface area contributed by atoms with Crippen LogP contribution < -0.4 is 0 Å². The summed E-state index contributed by atoms with van der Waals surface area (Å²) in [5.41, 5.74) is 1.93. The number of hydrogen-bond acceptors (Lipinski definition) is 4. The molecule has 1 saturated heterocycles. The lowest BCUT2D eigenvalue weighted by molar-refractivity contribution is -0.131. The molecule has 0 radical (unpaired) electrons. The fraction of sp³-hybridized carbons (Fsp3) is 0.545. The summed E-state index contributed by atoms with van der Waals surface area (Å²) in [6.45, 7) is 8.61. The highest BCUT2D eigenvalue weighted by Gasteiger charge is 2.24. The number of aromatic nitrogens is 1. The first-order valence-corrected chi connectivity index (χ1v) is 11.1. The third-order valence-electron chi connectivity index (χ3n) is 5.42. The number of piperidine rings is 1. The molecule has 0 N–H and O–H groups in total. The van der Waals surface area contributed by atoms with Crippen molar-refractivity contribution in [3.8, 4) is 0 Å². The first-order chi connectivity index (χ1) is 13.5. The van der Waals surface area contributed by atoms with E-state index in [9.17, 15) is 9.18 Å². The zero-order valence-corrected chi connectivity index (χ0v) is 17.7. The van der Waals surface area contributed by atoms with Gasteiger partial charge in [-0.2, -0.15) is 0 Å². The fourth-order valence-corrected chi connectivity index (χ4v) is 4.57. The maximum Gasteiger partial charge on any atom is 0.228 e. The van der Waals surface area contributed by atoms with E-state index in [2.05, 4.69) is 16.8 Å². The number of aryl methyl sites for hydroxylation is 1. The Balaban J connectivity index is 1.49. The molecule has 0 unspecified atom stereocenters. The molecule has 1 aromatic carbocycles. The number of hydrogen-bond donors (Lipinski definition) is 0. The lowest BCUT2D eigenvalue weighted by Crippen LogP contribution is -2.43. The number of thiazole rings is 1. The van der Waals surface area contributed by atoms with Crippen molar-refractivity contribution in [1.82, 2.24) is 14.8 Å². The maximum atomic E-state index is 13.4. The molecule has 152 valence electrons. The molecule has 1 fully saturated rings. The van der Waals surface area contributed by atoms with Crippen LogP contribution in [0.3, 0.4) is 0 Å². The summed E-state index contributed by atoms with van der Waals surface area (Å²) in [5, 5.41) is 2.99. The largest absolute Gasteiger partial charge is 0.342 e. The first kappa shape index (κ1) is 20.9. The van der Waals surface area contributed by atoms with Gasteiger partial charge < -0.3 is 9.80 Å². The highest BCUT2D eigenvalue weighted by molar-refractivity contribution is 7.09. The minimum Gasteiger partial charge on any atom is -0.342 e. The average molecular weight is 404 g/mol. The van der Waals surface area contributed by atoms with Gasteiger partial charge in [0.25, 0.3) is 0 Å². The molecule has 1 atom stereocenters. The first-order valence-electron chi connectivity index (χ1n) is 10.2. The molecule has 0 spiro atoms. The molecule has 0 saturated carbocycles. The lowest BCUT2D eigenvalue weighted by atomic mass is 9.96. The summed E-state index contributed by atoms with van der Waals surface area (Å²) < 4.78 is 13.4. The molecule has 4 nitrogen and oxygen atoms in total. The summed E-state index contributed by atoms with van der Waals surface area (Å²) in [7, 11) is 0. The van der Waals surface area contributed by atoms with E-state index in [1.54, 1.807) is 23.5 Å². The van der Waals surface area contributed by atoms with E-state index in [4.69, 9.17) is 0 Å². The van der Waals surface area contributed by atoms with Gasteiger partial charge in [0.15, 0.2) is 0 Å². The highest BCUT2D eigenvalue weighted by atomic mass is 32.1. The zero-order valence-electron chi connectivity index (χ0n) is 16.9. The van der Waals surface area contributed by atoms with Crippen LogP contribution in [0.5, 0.6) is 0 Å². The van der Waals surface area contributed by atoms with Gasteiger partial charge in [-0.25, -0.2) is 9.37 Å². The number of halogens is 1. The quantitative estimate of drug-likeness (QED) is 0.670. The molecule has 1 aliphatic rings. The van der Waals surface area contributed by atoms with Gasteiger partial charge in [0, 0.05) is 31.6 Å². The third-order valence-corrected chi connectivity index (χ3v) is 6.24. The van der Waals surface area contributed by atoms with Gasteiger partial charge in [-0.05, 0) is 63.3 Å². The van der Waals surface area contributed by atoms with Crippen LogP contribution in [0.2, 0.25) is 0 Å². The Kier molecular flexibility index (Phi) is 7.57. The Morgan fingerprint density at radius 1 is 1.43 bits per heavy atom. The van der Waals surface area contributed by atoms with Gasteiger partial charge in [-0.15, -0.1) is 11.3 Å². The van der Waals surface area contributed by atoms with Gasteiger partial charge in [0.1, 0.15) is 5.82 Å². The van der Waals surface area contributed by atoms with E-state index in [-0.39, 0.29) is 11.7 Å². The number of carbonyl (C=O) groups excluding carboxylic acids is 1. The molecule has 1 amide bonds. The van der Waals surface area contributed by atoms with Crippen molar-refractivity contribution >= 4 is 17.2 Å². The normalized spacial score (nSPS) is 17.6. The molecular weight excluding hydrogens is 373 g/mol. The summed E-state index contributed by atoms with van der Waals surface area (Å²) in [5.74, 6) is 0.508. The van der Waals surface area contributed by atoms with E-state index >= 15 is 0 Å². The van der Waals surface area contributed by atoms with E-state index in [1.807, 2.05) is 23.3 Å². The Labute approximate surface area is 171 Å². The van der Waals surface area contributed by atoms with E-state index < -0.39 is 0 Å². The topological polar surface area (TPSA) is 36.4 Å². The summed E-state index contributed by atoms with van der Waals surface area (Å²) in [6.07, 6.45) is 3.58. The van der Waals surface area contributed by atoms with Crippen molar-refractivity contribution in [1.29, 1.82) is 0 Å². The zero-order chi connectivity index (χ0) is 19.9. The molecule has 1 aromatic heterocycles. The number of carbonyl (C=O) groups is 1. The Hall–Kier alpha value is -1.79. The molecule has 0 bridgehead atoms. The molecule has 2 heterocycles. The highest BCUT2D eigenvalue weighted by Crippen LogP contribution is 2.19. The molecule has 0 aliphatic carbocycles. The minimum atomic E-state index is -0.165. The second-order valence-corrected chi connectivity index (χ2v) is 8.72. The molecule has 6 heteroatoms. The predicted molar refractivity (Wildman–Crippen MR) is 112 cm³/mol. The summed E-state index contributed by atoms with van der Waals surface area (Å²) in [6, 6.07) is 6.88. The van der Waals surface area contributed by atoms with Crippen molar-refractivity contribution in [2.45, 2.75) is 39.5 Å². The van der Waals surface area contributed by atoms with Crippen LogP contribution in [-0.4, -0.2) is 53.4 Å². The SMILES string of the molecule is CCN(C[C@@H]1CCCN(CCc2cccc(F)c2)C1)C(=O)Cc1csc(C)n1. The van der Waals surface area contributed by atoms with E-state index in [0.29, 0.717) is 12.3 Å². The molecular formula is C22H30FN3OS. The molecule has 28 heavy (non-hydrogen) atoms. The van der Waals surface area contributed by atoms with Crippen molar-refractivity contribution in [3.63, 3.8) is 0 Å². The van der Waals surface area contributed by atoms with Crippen molar-refractivity contribution < 1.29 is 9.18 Å². The van der Waals surface area contributed by atoms with Crippen molar-refractivity contribution in [3.05, 3.63) is 51.7 Å². The van der Waals surface area contributed by atoms with Gasteiger partial charge >= 0.3 is 0 Å². The second-order valence-electron chi connectivity index (χ2n) is 7.66. The Morgan fingerprint density at radius 3 is 3.00 bits per heavy atom. The van der Waals surface area contributed by atoms with Crippen molar-refractivity contribution in [2.24, 2.45) is 5.92 Å². The third kappa shape index (κ3) is 6.11. The van der Waals surface area contributed by atoms with Crippen LogP contribution in [0.15, 0.2) is 29.6 Å². The number of amides is 1. The van der Waals surface area contributed by atoms with Crippen LogP contribution in [-0.2, 0) is 17.6 Å². The summed E-state index contributed by atoms with van der Waals surface area (Å²) >= 11 is 1.59. The lowest BCUT2D eigenvalue weighted by Gasteiger charge is -2.35. The number of nitrogens with zero attached hydrogens (tertiary/aromatic N) is 3. The molecule has 2 aromatic rings. The van der Waals surface area contributed by atoms with Crippen LogP contribution in [0.1, 0.15) is 36.0 Å². The van der Waals surface area contributed by atoms with E-state index in [1.165, 1.54) is 6.07 Å². The Morgan fingerprint density at radius 2 is 2.29 bits per heavy atom. The fourth-order valence-electron chi connectivity index (χ4n) is 3.96. The second kappa shape index (κ2) is 10.1. The molecule has 3 rings (SSSR count). The average Bonchev–Trinajstić information content (AvgIpc) is 3.09. The number of rotatable bonds is 8. The van der Waals surface area contributed by atoms with Crippen LogP contribution in [0.25, 0.3) is 0 Å². The maximum absolute atomic E-state index is 13.4. The van der Waals surface area contributed by atoms with Crippen molar-refractivity contribution in [2.75, 3.05) is 32.7 Å². The smallest absolute Gasteiger partial charge is 0.228 e. The molecule has 1 aliphatic heterocycles. The van der Waals surface area contributed by atoms with Gasteiger partial charge in [-0.1, -0.05) is 12.1 Å². The minimum absolute atomic E-state index is 0.165. The van der Waals surface area contributed by atoms with Crippen LogP contribution in [0, 0.1) is 18.7 Å². The van der Waals surface area contributed by atoms with Gasteiger partial charge in [0.2, 0.25) is 5.91 Å². The van der Waals surface area contributed by atoms with Gasteiger partial charge in [-0.3, -0.25) is 4.79 Å². The standard InChI is InChI=1S/C22H30FN3OS/c1-3-26(22(27)13-21-16-28-17(2)24-21)15-19-7-5-10-25(14-19)11-9-18-6-4-8-20(23)12-18/h4,6,8,12,16,19H,3,5,7,9-11,13-15H2,1-2H3/t19-/m1/s1. The predicted octanol–water partition coefficient (Wildman–Crippen LogP) is 3.94.